The molecule has 4 N–H and O–H groups in total. The molecule has 0 saturated carbocycles. The number of benzene rings is 2. The number of fused-ring (bicyclic) bond motifs is 1. The van der Waals surface area contributed by atoms with Gasteiger partial charge in [0.1, 0.15) is 24.1 Å². The van der Waals surface area contributed by atoms with E-state index in [1.54, 1.807) is 12.1 Å². The highest BCUT2D eigenvalue weighted by Gasteiger charge is 2.16. The molecule has 1 aromatic heterocycles. The van der Waals surface area contributed by atoms with Gasteiger partial charge in [0.05, 0.1) is 37.4 Å². The molecule has 1 heterocycles. The number of rotatable bonds is 12. The second kappa shape index (κ2) is 13.6. The van der Waals surface area contributed by atoms with E-state index in [1.807, 2.05) is 0 Å². The van der Waals surface area contributed by atoms with Crippen LogP contribution in [-0.4, -0.2) is 61.1 Å². The van der Waals surface area contributed by atoms with Crippen LogP contribution in [0.3, 0.4) is 0 Å². The van der Waals surface area contributed by atoms with Crippen LogP contribution in [0.4, 0.5) is 19.4 Å². The predicted molar refractivity (Wildman–Crippen MR) is 130 cm³/mol. The van der Waals surface area contributed by atoms with Crippen molar-refractivity contribution in [2.24, 2.45) is 0 Å². The number of hydrogen-bond acceptors (Lipinski definition) is 7. The smallest absolute Gasteiger partial charge is 0.412 e. The van der Waals surface area contributed by atoms with Crippen molar-refractivity contribution in [1.29, 1.82) is 0 Å². The summed E-state index contributed by atoms with van der Waals surface area (Å²) in [5.41, 5.74) is 0.498. The highest BCUT2D eigenvalue weighted by Crippen LogP contribution is 2.19. The lowest BCUT2D eigenvalue weighted by Crippen LogP contribution is -2.45. The highest BCUT2D eigenvalue weighted by atomic mass is 35.5. The monoisotopic (exact) mass is 522 g/mol. The number of nitrogens with one attached hydrogen (secondary N) is 3. The fraction of sp³-hybridized carbons (Fsp3) is 0.292. The fourth-order valence-electron chi connectivity index (χ4n) is 3.19. The minimum absolute atomic E-state index is 0.0221. The standard InChI is InChI=1S/C24H25ClF2N4O5/c25-23-16(2-1-3-20(23)27)10-28-12-22(33)30-19(13-35-7-6-32)14-36-24(34)31-21-9-17-8-18(26)5-4-15(17)11-29-21/h1-5,8-9,11,19,28,32H,6-7,10,12-14H2,(H,30,33)(H,29,31,34)/t19-/m0/s1. The van der Waals surface area contributed by atoms with Crippen molar-refractivity contribution in [1.82, 2.24) is 15.6 Å². The molecular weight excluding hydrogens is 498 g/mol. The molecule has 0 aliphatic heterocycles. The van der Waals surface area contributed by atoms with Gasteiger partial charge < -0.3 is 25.2 Å². The van der Waals surface area contributed by atoms with Crippen molar-refractivity contribution in [3.05, 3.63) is 70.9 Å². The number of aliphatic hydroxyl groups excluding tert-OH is 1. The van der Waals surface area contributed by atoms with Crippen LogP contribution in [0.15, 0.2) is 48.7 Å². The first kappa shape index (κ1) is 27.2. The number of carbonyl (C=O) groups is 2. The summed E-state index contributed by atoms with van der Waals surface area (Å²) in [4.78, 5) is 28.6. The second-order valence-electron chi connectivity index (χ2n) is 7.66. The number of nitrogens with zero attached hydrogens (tertiary/aromatic N) is 1. The summed E-state index contributed by atoms with van der Waals surface area (Å²) in [6.07, 6.45) is 0.652. The molecule has 0 bridgehead atoms. The van der Waals surface area contributed by atoms with Crippen LogP contribution < -0.4 is 16.0 Å². The first-order valence-corrected chi connectivity index (χ1v) is 11.3. The van der Waals surface area contributed by atoms with Crippen LogP contribution in [0.2, 0.25) is 5.02 Å². The highest BCUT2D eigenvalue weighted by molar-refractivity contribution is 6.31. The van der Waals surface area contributed by atoms with E-state index in [1.165, 1.54) is 36.5 Å². The lowest BCUT2D eigenvalue weighted by Gasteiger charge is -2.19. The molecule has 36 heavy (non-hydrogen) atoms. The number of pyridine rings is 1. The van der Waals surface area contributed by atoms with Gasteiger partial charge in [-0.15, -0.1) is 0 Å². The summed E-state index contributed by atoms with van der Waals surface area (Å²) >= 11 is 5.90. The van der Waals surface area contributed by atoms with Gasteiger partial charge in [-0.25, -0.2) is 18.6 Å². The van der Waals surface area contributed by atoms with Crippen LogP contribution >= 0.6 is 11.6 Å². The third kappa shape index (κ3) is 8.38. The molecule has 0 aliphatic rings. The number of carbonyl (C=O) groups excluding carboxylic acids is 2. The van der Waals surface area contributed by atoms with Gasteiger partial charge in [0.25, 0.3) is 0 Å². The lowest BCUT2D eigenvalue weighted by atomic mass is 10.2. The third-order valence-corrected chi connectivity index (χ3v) is 5.31. The Kier molecular flexibility index (Phi) is 10.3. The fourth-order valence-corrected chi connectivity index (χ4v) is 3.39. The second-order valence-corrected chi connectivity index (χ2v) is 8.04. The Morgan fingerprint density at radius 1 is 1.11 bits per heavy atom. The topological polar surface area (TPSA) is 122 Å². The van der Waals surface area contributed by atoms with Crippen LogP contribution in [0, 0.1) is 11.6 Å². The molecule has 0 fully saturated rings. The van der Waals surface area contributed by atoms with E-state index in [4.69, 9.17) is 26.2 Å². The van der Waals surface area contributed by atoms with E-state index >= 15 is 0 Å². The SMILES string of the molecule is O=C(CNCc1cccc(F)c1Cl)N[C@@H](COCCO)COC(=O)Nc1cc2cc(F)ccc2cn1. The summed E-state index contributed by atoms with van der Waals surface area (Å²) in [6, 6.07) is 9.37. The van der Waals surface area contributed by atoms with Crippen molar-refractivity contribution in [3.8, 4) is 0 Å². The molecular formula is C24H25ClF2N4O5. The molecule has 192 valence electrons. The molecule has 3 rings (SSSR count). The van der Waals surface area contributed by atoms with E-state index in [2.05, 4.69) is 20.9 Å². The molecule has 0 radical (unpaired) electrons. The minimum Gasteiger partial charge on any atom is -0.447 e. The molecule has 12 heteroatoms. The van der Waals surface area contributed by atoms with Crippen LogP contribution in [0.5, 0.6) is 0 Å². The molecule has 1 atom stereocenters. The van der Waals surface area contributed by atoms with Crippen LogP contribution in [0.1, 0.15) is 5.56 Å². The first-order valence-electron chi connectivity index (χ1n) is 11.0. The summed E-state index contributed by atoms with van der Waals surface area (Å²) in [6.45, 7) is -0.396. The maximum Gasteiger partial charge on any atom is 0.412 e. The Bertz CT molecular complexity index is 1200. The summed E-state index contributed by atoms with van der Waals surface area (Å²) < 4.78 is 37.4. The Labute approximate surface area is 210 Å². The van der Waals surface area contributed by atoms with Gasteiger partial charge in [0, 0.05) is 18.1 Å². The van der Waals surface area contributed by atoms with Crippen molar-refractivity contribution in [2.75, 3.05) is 38.3 Å². The van der Waals surface area contributed by atoms with Gasteiger partial charge in [0.2, 0.25) is 5.91 Å². The van der Waals surface area contributed by atoms with Gasteiger partial charge in [-0.05, 0) is 41.3 Å². The number of ether oxygens (including phenoxy) is 2. The van der Waals surface area contributed by atoms with Gasteiger partial charge in [0.15, 0.2) is 0 Å². The molecule has 2 amide bonds. The Balaban J connectivity index is 1.49. The zero-order valence-corrected chi connectivity index (χ0v) is 19.9. The van der Waals surface area contributed by atoms with Crippen molar-refractivity contribution >= 4 is 40.2 Å². The number of aromatic nitrogens is 1. The zero-order valence-electron chi connectivity index (χ0n) is 19.1. The van der Waals surface area contributed by atoms with Gasteiger partial charge in [-0.1, -0.05) is 23.7 Å². The third-order valence-electron chi connectivity index (χ3n) is 4.88. The van der Waals surface area contributed by atoms with Crippen molar-refractivity contribution in [3.63, 3.8) is 0 Å². The Morgan fingerprint density at radius 3 is 2.75 bits per heavy atom. The molecule has 3 aromatic rings. The first-order chi connectivity index (χ1) is 17.4. The van der Waals surface area contributed by atoms with E-state index in [0.717, 1.165) is 0 Å². The largest absolute Gasteiger partial charge is 0.447 e. The van der Waals surface area contributed by atoms with Crippen molar-refractivity contribution < 1.29 is 33.0 Å². The average Bonchev–Trinajstić information content (AvgIpc) is 2.85. The van der Waals surface area contributed by atoms with Gasteiger partial charge >= 0.3 is 6.09 Å². The normalized spacial score (nSPS) is 11.8. The lowest BCUT2D eigenvalue weighted by molar-refractivity contribution is -0.121. The zero-order chi connectivity index (χ0) is 25.9. The Hall–Kier alpha value is -3.38. The molecule has 9 nitrogen and oxygen atoms in total. The number of halogens is 3. The average molecular weight is 523 g/mol. The number of aliphatic hydroxyl groups is 1. The molecule has 0 spiro atoms. The molecule has 0 unspecified atom stereocenters. The number of amides is 2. The maximum atomic E-state index is 13.5. The van der Waals surface area contributed by atoms with E-state index in [0.29, 0.717) is 16.3 Å². The molecule has 2 aromatic carbocycles. The van der Waals surface area contributed by atoms with Crippen LogP contribution in [0.25, 0.3) is 10.8 Å². The minimum atomic E-state index is -0.835. The van der Waals surface area contributed by atoms with Crippen molar-refractivity contribution in [2.45, 2.75) is 12.6 Å². The number of anilines is 1. The summed E-state index contributed by atoms with van der Waals surface area (Å²) in [7, 11) is 0. The van der Waals surface area contributed by atoms with Crippen LogP contribution in [-0.2, 0) is 20.8 Å². The summed E-state index contributed by atoms with van der Waals surface area (Å²) in [5, 5.41) is 18.1. The van der Waals surface area contributed by atoms with E-state index in [9.17, 15) is 18.4 Å². The maximum absolute atomic E-state index is 13.5. The van der Waals surface area contributed by atoms with E-state index < -0.39 is 29.7 Å². The number of hydrogen-bond donors (Lipinski definition) is 4. The van der Waals surface area contributed by atoms with Gasteiger partial charge in [-0.3, -0.25) is 10.1 Å². The summed E-state index contributed by atoms with van der Waals surface area (Å²) in [5.74, 6) is -1.24. The van der Waals surface area contributed by atoms with Gasteiger partial charge in [-0.2, -0.15) is 0 Å². The quantitative estimate of drug-likeness (QED) is 0.270. The van der Waals surface area contributed by atoms with E-state index in [-0.39, 0.29) is 50.4 Å². The predicted octanol–water partition coefficient (Wildman–Crippen LogP) is 3.00. The molecule has 0 aliphatic carbocycles. The Morgan fingerprint density at radius 2 is 1.94 bits per heavy atom. The molecule has 0 saturated heterocycles.